The van der Waals surface area contributed by atoms with Crippen LogP contribution in [0.15, 0.2) is 36.4 Å². The number of hydrogen-bond acceptors (Lipinski definition) is 4. The van der Waals surface area contributed by atoms with E-state index in [0.717, 1.165) is 61.8 Å². The van der Waals surface area contributed by atoms with E-state index in [2.05, 4.69) is 34.5 Å². The van der Waals surface area contributed by atoms with Crippen LogP contribution in [-0.2, 0) is 11.3 Å². The predicted molar refractivity (Wildman–Crippen MR) is 104 cm³/mol. The van der Waals surface area contributed by atoms with Crippen molar-refractivity contribution in [3.63, 3.8) is 0 Å². The first-order valence-corrected chi connectivity index (χ1v) is 9.09. The average Bonchev–Trinajstić information content (AvgIpc) is 2.65. The molecule has 1 heterocycles. The van der Waals surface area contributed by atoms with Gasteiger partial charge in [0.2, 0.25) is 0 Å². The summed E-state index contributed by atoms with van der Waals surface area (Å²) in [5, 5.41) is 12.8. The smallest absolute Gasteiger partial charge is 0.336 e. The molecule has 2 aromatic rings. The lowest BCUT2D eigenvalue weighted by Gasteiger charge is -2.26. The Morgan fingerprint density at radius 3 is 2.46 bits per heavy atom. The minimum atomic E-state index is -0.896. The van der Waals surface area contributed by atoms with E-state index < -0.39 is 5.97 Å². The number of carbonyl (C=O) groups is 1. The van der Waals surface area contributed by atoms with E-state index in [-0.39, 0.29) is 0 Å². The quantitative estimate of drug-likeness (QED) is 0.829. The van der Waals surface area contributed by atoms with Gasteiger partial charge in [-0.3, -0.25) is 4.90 Å². The van der Waals surface area contributed by atoms with Crippen molar-refractivity contribution in [2.24, 2.45) is 0 Å². The van der Waals surface area contributed by atoms with Gasteiger partial charge in [0.25, 0.3) is 0 Å². The van der Waals surface area contributed by atoms with Crippen LogP contribution in [0.2, 0.25) is 0 Å². The van der Waals surface area contributed by atoms with Crippen LogP contribution in [0.5, 0.6) is 0 Å². The number of carboxylic acids is 1. The van der Waals surface area contributed by atoms with E-state index in [4.69, 9.17) is 4.74 Å². The molecule has 1 aliphatic rings. The molecule has 0 unspecified atom stereocenters. The van der Waals surface area contributed by atoms with Gasteiger partial charge in [0, 0.05) is 31.9 Å². The number of hydrogen-bond donors (Lipinski definition) is 2. The van der Waals surface area contributed by atoms with Gasteiger partial charge in [-0.15, -0.1) is 0 Å². The molecule has 2 N–H and O–H groups in total. The molecule has 0 atom stereocenters. The topological polar surface area (TPSA) is 61.8 Å². The summed E-state index contributed by atoms with van der Waals surface area (Å²) in [7, 11) is 0. The number of ether oxygens (including phenoxy) is 1. The standard InChI is InChI=1S/C21H26N2O3/c1-3-22-20-13-18(12-19(15(20)2)21(24)25)17-6-4-16(5-7-17)14-23-8-10-26-11-9-23/h4-7,12-13,22H,3,8-11,14H2,1-2H3,(H,24,25). The Morgan fingerprint density at radius 1 is 1.15 bits per heavy atom. The maximum atomic E-state index is 11.6. The molecule has 5 heteroatoms. The monoisotopic (exact) mass is 354 g/mol. The first kappa shape index (κ1) is 18.4. The molecular weight excluding hydrogens is 328 g/mol. The fraction of sp³-hybridized carbons (Fsp3) is 0.381. The largest absolute Gasteiger partial charge is 0.478 e. The van der Waals surface area contributed by atoms with Crippen LogP contribution in [0, 0.1) is 6.92 Å². The number of rotatable bonds is 6. The first-order valence-electron chi connectivity index (χ1n) is 9.09. The third kappa shape index (κ3) is 4.23. The summed E-state index contributed by atoms with van der Waals surface area (Å²) >= 11 is 0. The van der Waals surface area contributed by atoms with E-state index >= 15 is 0 Å². The average molecular weight is 354 g/mol. The van der Waals surface area contributed by atoms with Crippen LogP contribution < -0.4 is 5.32 Å². The Hall–Kier alpha value is -2.37. The van der Waals surface area contributed by atoms with Crippen molar-refractivity contribution < 1.29 is 14.6 Å². The van der Waals surface area contributed by atoms with E-state index in [0.29, 0.717) is 5.56 Å². The second-order valence-corrected chi connectivity index (χ2v) is 6.62. The van der Waals surface area contributed by atoms with Gasteiger partial charge in [-0.1, -0.05) is 24.3 Å². The lowest BCUT2D eigenvalue weighted by molar-refractivity contribution is 0.0342. The number of aromatic carboxylic acids is 1. The van der Waals surface area contributed by atoms with Gasteiger partial charge in [-0.25, -0.2) is 4.79 Å². The van der Waals surface area contributed by atoms with Crippen molar-refractivity contribution in [2.45, 2.75) is 20.4 Å². The van der Waals surface area contributed by atoms with E-state index in [9.17, 15) is 9.90 Å². The Kier molecular flexibility index (Phi) is 5.91. The van der Waals surface area contributed by atoms with Crippen LogP contribution in [-0.4, -0.2) is 48.8 Å². The number of benzene rings is 2. The van der Waals surface area contributed by atoms with Crippen LogP contribution in [0.25, 0.3) is 11.1 Å². The molecule has 0 amide bonds. The normalized spacial score (nSPS) is 15.0. The van der Waals surface area contributed by atoms with Gasteiger partial charge in [-0.2, -0.15) is 0 Å². The van der Waals surface area contributed by atoms with Crippen molar-refractivity contribution in [2.75, 3.05) is 38.2 Å². The molecule has 0 radical (unpaired) electrons. The van der Waals surface area contributed by atoms with Gasteiger partial charge in [0.1, 0.15) is 0 Å². The van der Waals surface area contributed by atoms with E-state index in [1.165, 1.54) is 5.56 Å². The second-order valence-electron chi connectivity index (χ2n) is 6.62. The highest BCUT2D eigenvalue weighted by atomic mass is 16.5. The van der Waals surface area contributed by atoms with Crippen molar-refractivity contribution in [3.8, 4) is 11.1 Å². The fourth-order valence-electron chi connectivity index (χ4n) is 3.30. The SMILES string of the molecule is CCNc1cc(-c2ccc(CN3CCOCC3)cc2)cc(C(=O)O)c1C. The molecular formula is C21H26N2O3. The fourth-order valence-corrected chi connectivity index (χ4v) is 3.30. The molecule has 1 aliphatic heterocycles. The Bertz CT molecular complexity index is 766. The predicted octanol–water partition coefficient (Wildman–Crippen LogP) is 3.62. The molecule has 1 saturated heterocycles. The van der Waals surface area contributed by atoms with Crippen molar-refractivity contribution >= 4 is 11.7 Å². The minimum Gasteiger partial charge on any atom is -0.478 e. The summed E-state index contributed by atoms with van der Waals surface area (Å²) in [5.74, 6) is -0.896. The van der Waals surface area contributed by atoms with Crippen LogP contribution in [0.4, 0.5) is 5.69 Å². The summed E-state index contributed by atoms with van der Waals surface area (Å²) in [5.41, 5.74) is 5.19. The molecule has 0 aliphatic carbocycles. The zero-order valence-corrected chi connectivity index (χ0v) is 15.4. The second kappa shape index (κ2) is 8.34. The van der Waals surface area contributed by atoms with E-state index in [1.807, 2.05) is 19.9 Å². The Morgan fingerprint density at radius 2 is 1.85 bits per heavy atom. The highest BCUT2D eigenvalue weighted by molar-refractivity contribution is 5.93. The third-order valence-corrected chi connectivity index (χ3v) is 4.80. The molecule has 1 fully saturated rings. The number of morpholine rings is 1. The summed E-state index contributed by atoms with van der Waals surface area (Å²) in [6.45, 7) is 9.05. The molecule has 0 aromatic heterocycles. The highest BCUT2D eigenvalue weighted by Crippen LogP contribution is 2.29. The number of nitrogens with one attached hydrogen (secondary N) is 1. The molecule has 0 bridgehead atoms. The molecule has 138 valence electrons. The molecule has 3 rings (SSSR count). The zero-order chi connectivity index (χ0) is 18.5. The number of nitrogens with zero attached hydrogens (tertiary/aromatic N) is 1. The summed E-state index contributed by atoms with van der Waals surface area (Å²) in [4.78, 5) is 14.0. The first-order chi connectivity index (χ1) is 12.6. The zero-order valence-electron chi connectivity index (χ0n) is 15.4. The van der Waals surface area contributed by atoms with Crippen molar-refractivity contribution in [1.82, 2.24) is 4.90 Å². The Balaban J connectivity index is 1.84. The summed E-state index contributed by atoms with van der Waals surface area (Å²) in [6.07, 6.45) is 0. The van der Waals surface area contributed by atoms with Gasteiger partial charge in [-0.05, 0) is 48.2 Å². The van der Waals surface area contributed by atoms with Crippen LogP contribution in [0.1, 0.15) is 28.4 Å². The van der Waals surface area contributed by atoms with Gasteiger partial charge in [0.15, 0.2) is 0 Å². The minimum absolute atomic E-state index is 0.343. The van der Waals surface area contributed by atoms with Gasteiger partial charge >= 0.3 is 5.97 Å². The summed E-state index contributed by atoms with van der Waals surface area (Å²) < 4.78 is 5.39. The number of carboxylic acid groups (broad SMARTS) is 1. The van der Waals surface area contributed by atoms with Gasteiger partial charge in [0.05, 0.1) is 18.8 Å². The molecule has 26 heavy (non-hydrogen) atoms. The van der Waals surface area contributed by atoms with E-state index in [1.54, 1.807) is 6.07 Å². The molecule has 0 saturated carbocycles. The lowest BCUT2D eigenvalue weighted by Crippen LogP contribution is -2.35. The Labute approximate surface area is 154 Å². The highest BCUT2D eigenvalue weighted by Gasteiger charge is 2.14. The van der Waals surface area contributed by atoms with Crippen molar-refractivity contribution in [1.29, 1.82) is 0 Å². The van der Waals surface area contributed by atoms with Gasteiger partial charge < -0.3 is 15.2 Å². The lowest BCUT2D eigenvalue weighted by atomic mass is 9.97. The summed E-state index contributed by atoms with van der Waals surface area (Å²) in [6, 6.07) is 12.2. The van der Waals surface area contributed by atoms with Crippen LogP contribution in [0.3, 0.4) is 0 Å². The van der Waals surface area contributed by atoms with Crippen LogP contribution >= 0.6 is 0 Å². The maximum absolute atomic E-state index is 11.6. The molecule has 2 aromatic carbocycles. The number of anilines is 1. The van der Waals surface area contributed by atoms with Crippen molar-refractivity contribution in [3.05, 3.63) is 53.1 Å². The molecule has 5 nitrogen and oxygen atoms in total. The third-order valence-electron chi connectivity index (χ3n) is 4.80. The molecule has 0 spiro atoms. The maximum Gasteiger partial charge on any atom is 0.336 e.